The van der Waals surface area contributed by atoms with Gasteiger partial charge in [0.25, 0.3) is 5.91 Å². The second-order valence-corrected chi connectivity index (χ2v) is 8.97. The molecule has 2 N–H and O–H groups in total. The Hall–Kier alpha value is -3.29. The SMILES string of the molecule is O=C1C(=CC=C2Oc3ccccc3N2CCCOS(=O)(=O)O)N(CCO)C(=S)N1c1ccccc1. The highest BCUT2D eigenvalue weighted by Gasteiger charge is 2.38. The molecule has 10 nitrogen and oxygen atoms in total. The second-order valence-electron chi connectivity index (χ2n) is 7.52. The zero-order valence-electron chi connectivity index (χ0n) is 18.5. The van der Waals surface area contributed by atoms with Crippen LogP contribution in [0.15, 0.2) is 78.3 Å². The molecule has 2 aromatic rings. The van der Waals surface area contributed by atoms with E-state index in [1.807, 2.05) is 29.2 Å². The molecule has 0 bridgehead atoms. The van der Waals surface area contributed by atoms with Crippen molar-refractivity contribution in [1.29, 1.82) is 0 Å². The number of carbonyl (C=O) groups is 1. The number of β-amino-alcohol motifs (C(OH)–C–C–N with tert-alkyl or cyclic N) is 1. The Morgan fingerprint density at radius 1 is 1.00 bits per heavy atom. The van der Waals surface area contributed by atoms with Gasteiger partial charge in [-0.2, -0.15) is 8.42 Å². The van der Waals surface area contributed by atoms with Gasteiger partial charge in [0, 0.05) is 19.2 Å². The highest BCUT2D eigenvalue weighted by Crippen LogP contribution is 2.39. The summed E-state index contributed by atoms with van der Waals surface area (Å²) in [7, 11) is -4.52. The highest BCUT2D eigenvalue weighted by atomic mass is 32.3. The summed E-state index contributed by atoms with van der Waals surface area (Å²) in [5.74, 6) is 0.667. The average Bonchev–Trinajstić information content (AvgIpc) is 3.29. The Kier molecular flexibility index (Phi) is 7.48. The van der Waals surface area contributed by atoms with Crippen LogP contribution in [0, 0.1) is 0 Å². The number of hydrogen-bond donors (Lipinski definition) is 2. The van der Waals surface area contributed by atoms with E-state index in [1.165, 1.54) is 4.90 Å². The summed E-state index contributed by atoms with van der Waals surface area (Å²) in [6.07, 6.45) is 3.47. The van der Waals surface area contributed by atoms with Gasteiger partial charge < -0.3 is 19.6 Å². The van der Waals surface area contributed by atoms with Crippen LogP contribution in [0.4, 0.5) is 11.4 Å². The number of anilines is 2. The maximum atomic E-state index is 13.3. The number of fused-ring (bicyclic) bond motifs is 1. The number of rotatable bonds is 9. The molecule has 1 amide bonds. The summed E-state index contributed by atoms with van der Waals surface area (Å²) < 4.78 is 40.8. The van der Waals surface area contributed by atoms with E-state index in [2.05, 4.69) is 4.18 Å². The van der Waals surface area contributed by atoms with Crippen molar-refractivity contribution < 1.29 is 31.8 Å². The number of benzene rings is 2. The third-order valence-corrected chi connectivity index (χ3v) is 6.12. The van der Waals surface area contributed by atoms with E-state index in [1.54, 1.807) is 47.4 Å². The van der Waals surface area contributed by atoms with Gasteiger partial charge in [-0.25, -0.2) is 4.18 Å². The van der Waals surface area contributed by atoms with Crippen LogP contribution < -0.4 is 14.5 Å². The number of thiocarbonyl (C=S) groups is 1. The van der Waals surface area contributed by atoms with E-state index in [9.17, 15) is 18.3 Å². The van der Waals surface area contributed by atoms with E-state index >= 15 is 0 Å². The Balaban J connectivity index is 1.61. The Morgan fingerprint density at radius 3 is 2.43 bits per heavy atom. The Bertz CT molecular complexity index is 1280. The third-order valence-electron chi connectivity index (χ3n) is 5.25. The van der Waals surface area contributed by atoms with Crippen LogP contribution in [-0.4, -0.2) is 60.3 Å². The number of carbonyl (C=O) groups excluding carboxylic acids is 1. The molecular weight excluding hydrogens is 494 g/mol. The molecule has 2 aliphatic rings. The number of amides is 1. The summed E-state index contributed by atoms with van der Waals surface area (Å²) in [5.41, 5.74) is 1.65. The van der Waals surface area contributed by atoms with Gasteiger partial charge >= 0.3 is 10.4 Å². The van der Waals surface area contributed by atoms with Crippen molar-refractivity contribution >= 4 is 45.0 Å². The number of allylic oxidation sites excluding steroid dienone is 2. The van der Waals surface area contributed by atoms with Crippen molar-refractivity contribution in [3.05, 3.63) is 78.3 Å². The van der Waals surface area contributed by atoms with Crippen molar-refractivity contribution in [1.82, 2.24) is 4.90 Å². The van der Waals surface area contributed by atoms with Crippen molar-refractivity contribution in [3.8, 4) is 5.75 Å². The molecule has 0 unspecified atom stereocenters. The molecule has 0 aliphatic carbocycles. The maximum Gasteiger partial charge on any atom is 0.397 e. The first-order chi connectivity index (χ1) is 16.8. The first-order valence-electron chi connectivity index (χ1n) is 10.7. The maximum absolute atomic E-state index is 13.3. The smallest absolute Gasteiger partial charge is 0.397 e. The third kappa shape index (κ3) is 5.52. The molecule has 4 rings (SSSR count). The molecule has 1 saturated heterocycles. The van der Waals surface area contributed by atoms with Gasteiger partial charge in [0.1, 0.15) is 5.70 Å². The molecule has 0 spiro atoms. The molecule has 0 saturated carbocycles. The van der Waals surface area contributed by atoms with Crippen LogP contribution in [0.2, 0.25) is 0 Å². The van der Waals surface area contributed by atoms with Crippen LogP contribution in [0.1, 0.15) is 6.42 Å². The molecule has 2 aliphatic heterocycles. The van der Waals surface area contributed by atoms with E-state index in [0.29, 0.717) is 23.9 Å². The number of para-hydroxylation sites is 3. The predicted octanol–water partition coefficient (Wildman–Crippen LogP) is 2.45. The average molecular weight is 518 g/mol. The normalized spacial score (nSPS) is 18.1. The van der Waals surface area contributed by atoms with Gasteiger partial charge in [0.15, 0.2) is 10.9 Å². The highest BCUT2D eigenvalue weighted by molar-refractivity contribution is 7.81. The number of aliphatic hydroxyl groups excluding tert-OH is 1. The number of aliphatic hydroxyl groups is 1. The van der Waals surface area contributed by atoms with Crippen molar-refractivity contribution in [3.63, 3.8) is 0 Å². The van der Waals surface area contributed by atoms with Crippen molar-refractivity contribution in [2.45, 2.75) is 6.42 Å². The molecule has 0 atom stereocenters. The summed E-state index contributed by atoms with van der Waals surface area (Å²) >= 11 is 5.53. The standard InChI is InChI=1S/C23H23N3O7S2/c27-15-14-25-19(22(28)26(23(25)34)17-7-2-1-3-8-17)11-12-21-24(13-6-16-32-35(29,30)31)18-9-4-5-10-20(18)33-21/h1-5,7-12,27H,6,13-16H2,(H,29,30,31). The first kappa shape index (κ1) is 24.8. The van der Waals surface area contributed by atoms with Gasteiger partial charge in [-0.15, -0.1) is 0 Å². The lowest BCUT2D eigenvalue weighted by Gasteiger charge is -2.19. The molecule has 2 heterocycles. The van der Waals surface area contributed by atoms with Crippen LogP contribution in [-0.2, 0) is 19.4 Å². The molecule has 12 heteroatoms. The van der Waals surface area contributed by atoms with Crippen LogP contribution in [0.25, 0.3) is 0 Å². The van der Waals surface area contributed by atoms with Gasteiger partial charge in [0.2, 0.25) is 5.88 Å². The lowest BCUT2D eigenvalue weighted by atomic mass is 10.2. The zero-order chi connectivity index (χ0) is 25.0. The minimum absolute atomic E-state index is 0.140. The van der Waals surface area contributed by atoms with E-state index < -0.39 is 10.4 Å². The molecule has 184 valence electrons. The lowest BCUT2D eigenvalue weighted by molar-refractivity contribution is -0.114. The van der Waals surface area contributed by atoms with Gasteiger partial charge in [0.05, 0.1) is 24.6 Å². The van der Waals surface area contributed by atoms with E-state index in [0.717, 1.165) is 5.69 Å². The number of hydrogen-bond acceptors (Lipinski definition) is 8. The van der Waals surface area contributed by atoms with Crippen molar-refractivity contribution in [2.24, 2.45) is 0 Å². The number of nitrogens with zero attached hydrogens (tertiary/aromatic N) is 3. The summed E-state index contributed by atoms with van der Waals surface area (Å²) in [5, 5.41) is 9.80. The summed E-state index contributed by atoms with van der Waals surface area (Å²) in [4.78, 5) is 18.1. The molecule has 0 radical (unpaired) electrons. The van der Waals surface area contributed by atoms with Crippen LogP contribution in [0.5, 0.6) is 5.75 Å². The largest absolute Gasteiger partial charge is 0.439 e. The topological polar surface area (TPSA) is 120 Å². The fourth-order valence-electron chi connectivity index (χ4n) is 3.77. The molecule has 1 fully saturated rings. The summed E-state index contributed by atoms with van der Waals surface area (Å²) in [6.45, 7) is 0.0474. The lowest BCUT2D eigenvalue weighted by Crippen LogP contribution is -2.33. The minimum atomic E-state index is -4.52. The molecule has 35 heavy (non-hydrogen) atoms. The first-order valence-corrected chi connectivity index (χ1v) is 12.5. The fourth-order valence-corrected chi connectivity index (χ4v) is 4.47. The Morgan fingerprint density at radius 2 is 1.71 bits per heavy atom. The van der Waals surface area contributed by atoms with E-state index in [-0.39, 0.29) is 42.9 Å². The summed E-state index contributed by atoms with van der Waals surface area (Å²) in [6, 6.07) is 16.3. The minimum Gasteiger partial charge on any atom is -0.439 e. The van der Waals surface area contributed by atoms with Crippen LogP contribution in [0.3, 0.4) is 0 Å². The predicted molar refractivity (Wildman–Crippen MR) is 133 cm³/mol. The van der Waals surface area contributed by atoms with Crippen molar-refractivity contribution in [2.75, 3.05) is 36.1 Å². The fraction of sp³-hybridized carbons (Fsp3) is 0.217. The quantitative estimate of drug-likeness (QED) is 0.222. The van der Waals surface area contributed by atoms with E-state index in [4.69, 9.17) is 21.5 Å². The molecular formula is C23H23N3O7S2. The second kappa shape index (κ2) is 10.5. The molecule has 0 aromatic heterocycles. The van der Waals surface area contributed by atoms with Gasteiger partial charge in [-0.1, -0.05) is 30.3 Å². The monoisotopic (exact) mass is 517 g/mol. The van der Waals surface area contributed by atoms with Gasteiger partial charge in [-0.3, -0.25) is 14.2 Å². The molecule has 2 aromatic carbocycles. The number of ether oxygens (including phenoxy) is 1. The van der Waals surface area contributed by atoms with Gasteiger partial charge in [-0.05, 0) is 49.0 Å². The Labute approximate surface area is 208 Å². The van der Waals surface area contributed by atoms with Crippen LogP contribution >= 0.6 is 12.2 Å². The zero-order valence-corrected chi connectivity index (χ0v) is 20.1.